The Morgan fingerprint density at radius 3 is 1.81 bits per heavy atom. The fraction of sp³-hybridized carbons (Fsp3) is 0.277. The van der Waals surface area contributed by atoms with Crippen LogP contribution in [0.3, 0.4) is 0 Å². The van der Waals surface area contributed by atoms with E-state index in [-0.39, 0.29) is 23.1 Å². The van der Waals surface area contributed by atoms with Crippen LogP contribution in [0.5, 0.6) is 0 Å². The van der Waals surface area contributed by atoms with E-state index in [1.807, 2.05) is 103 Å². The van der Waals surface area contributed by atoms with E-state index < -0.39 is 30.3 Å². The normalized spacial score (nSPS) is 18.1. The Labute approximate surface area is 374 Å². The van der Waals surface area contributed by atoms with Gasteiger partial charge in [0.25, 0.3) is 11.8 Å². The molecule has 63 heavy (non-hydrogen) atoms. The van der Waals surface area contributed by atoms with Crippen molar-refractivity contribution in [3.05, 3.63) is 143 Å². The first-order chi connectivity index (χ1) is 30.6. The van der Waals surface area contributed by atoms with Crippen molar-refractivity contribution in [1.82, 2.24) is 40.4 Å². The Bertz CT molecular complexity index is 2550. The van der Waals surface area contributed by atoms with Gasteiger partial charge in [-0.15, -0.1) is 0 Å². The number of H-pyrrole nitrogens is 2. The fourth-order valence-corrected chi connectivity index (χ4v) is 9.31. The van der Waals surface area contributed by atoms with Gasteiger partial charge in [0.05, 0.1) is 43.9 Å². The Morgan fingerprint density at radius 2 is 1.25 bits per heavy atom. The van der Waals surface area contributed by atoms with Crippen molar-refractivity contribution in [3.8, 4) is 33.6 Å². The van der Waals surface area contributed by atoms with Gasteiger partial charge < -0.3 is 39.9 Å². The Balaban J connectivity index is 0.958. The van der Waals surface area contributed by atoms with E-state index in [0.717, 1.165) is 40.8 Å². The third kappa shape index (κ3) is 9.30. The molecular formula is C47H47ClN8O6S. The van der Waals surface area contributed by atoms with Crippen molar-refractivity contribution in [2.75, 3.05) is 33.6 Å². The first kappa shape index (κ1) is 43.1. The molecule has 0 bridgehead atoms. The second-order valence-corrected chi connectivity index (χ2v) is 16.9. The minimum absolute atomic E-state index is 0.159. The molecule has 2 fully saturated rings. The van der Waals surface area contributed by atoms with Crippen LogP contribution in [-0.2, 0) is 19.1 Å². The number of carbonyl (C=O) groups excluding carboxylic acids is 4. The lowest BCUT2D eigenvalue weighted by Gasteiger charge is -2.28. The third-order valence-electron chi connectivity index (χ3n) is 11.7. The molecule has 0 spiro atoms. The van der Waals surface area contributed by atoms with E-state index >= 15 is 0 Å². The molecule has 5 atom stereocenters. The van der Waals surface area contributed by atoms with Crippen molar-refractivity contribution in [1.29, 1.82) is 0 Å². The molecule has 16 heteroatoms. The molecule has 4 amide bonds. The molecule has 2 aliphatic rings. The van der Waals surface area contributed by atoms with Gasteiger partial charge >= 0.3 is 12.2 Å². The molecular weight excluding hydrogens is 840 g/mol. The van der Waals surface area contributed by atoms with Gasteiger partial charge in [-0.1, -0.05) is 121 Å². The molecule has 2 aromatic heterocycles. The summed E-state index contributed by atoms with van der Waals surface area (Å²) in [6, 6.07) is 31.9. The molecule has 0 radical (unpaired) electrons. The number of imidazole rings is 2. The average Bonchev–Trinajstić information content (AvgIpc) is 4.17. The van der Waals surface area contributed by atoms with E-state index in [1.54, 1.807) is 39.9 Å². The molecule has 4 heterocycles. The number of nitrogens with zero attached hydrogens (tertiary/aromatic N) is 4. The maximum absolute atomic E-state index is 14.2. The van der Waals surface area contributed by atoms with Gasteiger partial charge in [-0.3, -0.25) is 9.59 Å². The van der Waals surface area contributed by atoms with Crippen molar-refractivity contribution >= 4 is 47.4 Å². The SMILES string of the molecule is COC(=O)N[C@H](C(=O)N1CCC[C@H]1c1ncc(-c2ccc(-c3ccc(-c4[nH]c([C@@H]5C[C@H](SC)CN5C(=O)[C@@H](NC(=O)OC)c5ccccc5)nc4Cl)cc3)cc2)[nH]1)c1ccccc1. The molecule has 2 aliphatic heterocycles. The van der Waals surface area contributed by atoms with Gasteiger partial charge in [0.2, 0.25) is 0 Å². The minimum Gasteiger partial charge on any atom is -0.453 e. The molecule has 8 rings (SSSR count). The van der Waals surface area contributed by atoms with Crippen molar-refractivity contribution in [2.24, 2.45) is 0 Å². The van der Waals surface area contributed by atoms with E-state index in [9.17, 15) is 19.2 Å². The van der Waals surface area contributed by atoms with E-state index in [2.05, 4.69) is 20.6 Å². The van der Waals surface area contributed by atoms with Gasteiger partial charge in [0.1, 0.15) is 23.7 Å². The number of methoxy groups -OCH3 is 2. The standard InChI is InChI=1S/C47H47ClN8O6S/c1-61-46(59)52-39(31-11-6-4-7-12-31)44(57)55-24-10-15-36(55)42-49-26-35(50-42)30-20-16-28(17-21-30)29-18-22-33(23-19-29)38-41(48)54-43(51-38)37-25-34(63-3)27-56(37)45(58)40(53-47(60)62-2)32-13-8-5-9-14-32/h4-9,11-14,16-23,26,34,36-37,39-40H,10,15,24-25,27H2,1-3H3,(H,49,50)(H,51,54)(H,52,59)(H,53,60)/t34-,36-,37-,39-,40-/m0/s1. The van der Waals surface area contributed by atoms with Crippen LogP contribution in [0, 0.1) is 0 Å². The Kier molecular flexibility index (Phi) is 13.1. The van der Waals surface area contributed by atoms with E-state index in [4.69, 9.17) is 31.0 Å². The van der Waals surface area contributed by atoms with Crippen molar-refractivity contribution in [2.45, 2.75) is 48.7 Å². The number of carbonyl (C=O) groups is 4. The smallest absolute Gasteiger partial charge is 0.407 e. The summed E-state index contributed by atoms with van der Waals surface area (Å²) in [4.78, 5) is 72.6. The molecule has 0 unspecified atom stereocenters. The van der Waals surface area contributed by atoms with Crippen LogP contribution < -0.4 is 10.6 Å². The van der Waals surface area contributed by atoms with Crippen LogP contribution in [0.1, 0.15) is 66.2 Å². The number of nitrogens with one attached hydrogen (secondary N) is 4. The number of ether oxygens (including phenoxy) is 2. The van der Waals surface area contributed by atoms with Gasteiger partial charge in [-0.2, -0.15) is 11.8 Å². The summed E-state index contributed by atoms with van der Waals surface area (Å²) in [6.07, 6.45) is 4.63. The molecule has 6 aromatic rings. The predicted octanol–water partition coefficient (Wildman–Crippen LogP) is 8.65. The third-order valence-corrected chi connectivity index (χ3v) is 13.0. The zero-order valence-electron chi connectivity index (χ0n) is 34.9. The van der Waals surface area contributed by atoms with Crippen molar-refractivity contribution < 1.29 is 28.7 Å². The lowest BCUT2D eigenvalue weighted by Crippen LogP contribution is -2.43. The van der Waals surface area contributed by atoms with Crippen LogP contribution in [0.15, 0.2) is 115 Å². The maximum atomic E-state index is 14.2. The highest BCUT2D eigenvalue weighted by atomic mass is 35.5. The summed E-state index contributed by atoms with van der Waals surface area (Å²) >= 11 is 8.47. The van der Waals surface area contributed by atoms with Crippen LogP contribution >= 0.6 is 23.4 Å². The summed E-state index contributed by atoms with van der Waals surface area (Å²) < 4.78 is 9.69. The van der Waals surface area contributed by atoms with Crippen LogP contribution in [-0.4, -0.2) is 92.6 Å². The van der Waals surface area contributed by atoms with Gasteiger partial charge in [-0.25, -0.2) is 19.6 Å². The highest BCUT2D eigenvalue weighted by Gasteiger charge is 2.42. The average molecular weight is 887 g/mol. The maximum Gasteiger partial charge on any atom is 0.407 e. The highest BCUT2D eigenvalue weighted by molar-refractivity contribution is 7.99. The second kappa shape index (κ2) is 19.2. The second-order valence-electron chi connectivity index (χ2n) is 15.4. The Hall–Kier alpha value is -6.58. The van der Waals surface area contributed by atoms with Crippen LogP contribution in [0.4, 0.5) is 9.59 Å². The lowest BCUT2D eigenvalue weighted by molar-refractivity contribution is -0.135. The molecule has 4 N–H and O–H groups in total. The number of halogens is 1. The number of thioether (sulfide) groups is 1. The van der Waals surface area contributed by atoms with Gasteiger partial charge in [-0.05, 0) is 53.3 Å². The monoisotopic (exact) mass is 886 g/mol. The number of aromatic nitrogens is 4. The predicted molar refractivity (Wildman–Crippen MR) is 242 cm³/mol. The van der Waals surface area contributed by atoms with E-state index in [1.165, 1.54) is 14.2 Å². The summed E-state index contributed by atoms with van der Waals surface area (Å²) in [5.74, 6) is 0.773. The summed E-state index contributed by atoms with van der Waals surface area (Å²) in [7, 11) is 2.55. The minimum atomic E-state index is -0.941. The largest absolute Gasteiger partial charge is 0.453 e. The fourth-order valence-electron chi connectivity index (χ4n) is 8.38. The Morgan fingerprint density at radius 1 is 0.714 bits per heavy atom. The first-order valence-electron chi connectivity index (χ1n) is 20.6. The van der Waals surface area contributed by atoms with Crippen LogP contribution in [0.2, 0.25) is 5.15 Å². The number of aromatic amines is 2. The summed E-state index contributed by atoms with van der Waals surface area (Å²) in [6.45, 7) is 1.02. The van der Waals surface area contributed by atoms with Crippen molar-refractivity contribution in [3.63, 3.8) is 0 Å². The molecule has 4 aromatic carbocycles. The topological polar surface area (TPSA) is 175 Å². The molecule has 0 saturated carbocycles. The lowest BCUT2D eigenvalue weighted by atomic mass is 10.0. The zero-order chi connectivity index (χ0) is 44.0. The van der Waals surface area contributed by atoms with Crippen LogP contribution in [0.25, 0.3) is 33.6 Å². The number of alkyl carbamates (subject to hydrolysis) is 2. The zero-order valence-corrected chi connectivity index (χ0v) is 36.5. The van der Waals surface area contributed by atoms with Gasteiger partial charge in [0, 0.05) is 23.9 Å². The highest BCUT2D eigenvalue weighted by Crippen LogP contribution is 2.40. The quantitative estimate of drug-likeness (QED) is 0.0938. The first-order valence-corrected chi connectivity index (χ1v) is 22.3. The molecule has 14 nitrogen and oxygen atoms in total. The summed E-state index contributed by atoms with van der Waals surface area (Å²) in [5.41, 5.74) is 6.58. The number of hydrogen-bond donors (Lipinski definition) is 4. The number of amides is 4. The molecule has 0 aliphatic carbocycles. The number of rotatable bonds is 12. The number of benzene rings is 4. The number of hydrogen-bond acceptors (Lipinski definition) is 9. The van der Waals surface area contributed by atoms with Gasteiger partial charge in [0.15, 0.2) is 5.15 Å². The molecule has 324 valence electrons. The van der Waals surface area contributed by atoms with E-state index in [0.29, 0.717) is 53.1 Å². The number of likely N-dealkylation sites (tertiary alicyclic amines) is 2. The summed E-state index contributed by atoms with van der Waals surface area (Å²) in [5, 5.41) is 5.89. The molecule has 2 saturated heterocycles.